The van der Waals surface area contributed by atoms with E-state index in [4.69, 9.17) is 19.9 Å². The minimum absolute atomic E-state index is 0.0178. The number of fused-ring (bicyclic) bond motifs is 3. The van der Waals surface area contributed by atoms with Crippen molar-refractivity contribution in [1.29, 1.82) is 0 Å². The molecule has 326 valence electrons. The summed E-state index contributed by atoms with van der Waals surface area (Å²) >= 11 is 0. The Morgan fingerprint density at radius 1 is 0.769 bits per heavy atom. The predicted molar refractivity (Wildman–Crippen MR) is 243 cm³/mol. The predicted octanol–water partition coefficient (Wildman–Crippen LogP) is 7.09. The molecule has 4 N–H and O–H groups in total. The molecule has 3 heterocycles. The minimum atomic E-state index is -2.04. The molecule has 12 nitrogen and oxygen atoms in total. The molecule has 1 spiro atoms. The van der Waals surface area contributed by atoms with Gasteiger partial charge in [-0.25, -0.2) is 9.69 Å². The summed E-state index contributed by atoms with van der Waals surface area (Å²) in [6.07, 6.45) is -0.911. The van der Waals surface area contributed by atoms with E-state index < -0.39 is 65.4 Å². The number of hydrogen-bond acceptors (Lipinski definition) is 9. The number of esters is 1. The van der Waals surface area contributed by atoms with E-state index in [-0.39, 0.29) is 24.5 Å². The molecule has 0 aromatic heterocycles. The molecule has 6 aromatic rings. The number of anilines is 1. The second-order valence-electron chi connectivity index (χ2n) is 16.2. The standard InChI is InChI=1S/C53H46N4O8/c1-33(36-13-6-3-7-14-36)55-52(62)56-43-28-25-35(22-21-34-23-26-40(63-2)27-24-34)31-42(43)53(51(56)61)44(49(54)59)46-50(60)65-47(38-17-10-5-11-18-38)45(37-15-8-4-9-16-37)57(46)48(53)39-19-12-20-41(32-39)64-30-29-58/h3-20,23-28,31-33,44-48,58H,29-30H2,1-2H3,(H2,54,59)(H,55,62)/t33-,44-,45-,46-,47+,48+,53-/m1/s1. The lowest BCUT2D eigenvalue weighted by atomic mass is 9.65. The van der Waals surface area contributed by atoms with Gasteiger partial charge in [-0.1, -0.05) is 115 Å². The maximum absolute atomic E-state index is 16.3. The van der Waals surface area contributed by atoms with E-state index in [2.05, 4.69) is 17.2 Å². The summed E-state index contributed by atoms with van der Waals surface area (Å²) in [6.45, 7) is 1.54. The lowest BCUT2D eigenvalue weighted by Gasteiger charge is -2.46. The average Bonchev–Trinajstić information content (AvgIpc) is 3.80. The molecule has 3 aliphatic heterocycles. The van der Waals surface area contributed by atoms with Gasteiger partial charge in [0.25, 0.3) is 0 Å². The molecular formula is C53H46N4O8. The van der Waals surface area contributed by atoms with Crippen molar-refractivity contribution in [2.45, 2.75) is 42.6 Å². The van der Waals surface area contributed by atoms with Gasteiger partial charge in [-0.3, -0.25) is 19.3 Å². The summed E-state index contributed by atoms with van der Waals surface area (Å²) in [5.74, 6) is 3.43. The molecule has 12 heteroatoms. The monoisotopic (exact) mass is 866 g/mol. The number of amides is 4. The smallest absolute Gasteiger partial charge is 0.329 e. The third kappa shape index (κ3) is 7.54. The number of imide groups is 1. The SMILES string of the molecule is COc1ccc(C#Cc2ccc3c(c2)[C@]2(C(=O)N3C(=O)N[C@H](C)c3ccccc3)[C@H](c3cccc(OCCO)c3)N3[C@H](c4ccccc4)[C@H](c4ccccc4)OC(=O)[C@H]3[C@@H]2C(N)=O)cc1. The van der Waals surface area contributed by atoms with E-state index in [0.29, 0.717) is 33.8 Å². The van der Waals surface area contributed by atoms with Crippen molar-refractivity contribution in [3.8, 4) is 23.3 Å². The van der Waals surface area contributed by atoms with Crippen molar-refractivity contribution in [2.24, 2.45) is 11.7 Å². The highest BCUT2D eigenvalue weighted by molar-refractivity contribution is 6.24. The second-order valence-corrected chi connectivity index (χ2v) is 16.2. The summed E-state index contributed by atoms with van der Waals surface area (Å²) in [6, 6.07) is 42.8. The van der Waals surface area contributed by atoms with Crippen molar-refractivity contribution in [1.82, 2.24) is 10.2 Å². The fraction of sp³-hybridized carbons (Fsp3) is 0.208. The maximum atomic E-state index is 16.3. The summed E-state index contributed by atoms with van der Waals surface area (Å²) in [4.78, 5) is 63.7. The first kappa shape index (κ1) is 42.6. The maximum Gasteiger partial charge on any atom is 0.329 e. The largest absolute Gasteiger partial charge is 0.497 e. The molecule has 65 heavy (non-hydrogen) atoms. The fourth-order valence-electron chi connectivity index (χ4n) is 9.85. The number of methoxy groups -OCH3 is 1. The van der Waals surface area contributed by atoms with Crippen LogP contribution in [0.25, 0.3) is 0 Å². The number of hydrogen-bond donors (Lipinski definition) is 3. The quantitative estimate of drug-likeness (QED) is 0.0966. The Kier molecular flexibility index (Phi) is 11.7. The van der Waals surface area contributed by atoms with Gasteiger partial charge in [0, 0.05) is 11.1 Å². The van der Waals surface area contributed by atoms with Gasteiger partial charge in [0.2, 0.25) is 11.8 Å². The summed E-state index contributed by atoms with van der Waals surface area (Å²) in [5, 5.41) is 12.8. The van der Waals surface area contributed by atoms with Crippen molar-refractivity contribution < 1.29 is 38.5 Å². The zero-order chi connectivity index (χ0) is 45.2. The Morgan fingerprint density at radius 3 is 2.06 bits per heavy atom. The zero-order valence-corrected chi connectivity index (χ0v) is 35.7. The van der Waals surface area contributed by atoms with Gasteiger partial charge < -0.3 is 30.4 Å². The highest BCUT2D eigenvalue weighted by Crippen LogP contribution is 2.66. The van der Waals surface area contributed by atoms with Crippen LogP contribution in [0.4, 0.5) is 10.5 Å². The van der Waals surface area contributed by atoms with E-state index in [0.717, 1.165) is 16.0 Å². The summed E-state index contributed by atoms with van der Waals surface area (Å²) in [5.41, 5.74) is 8.89. The van der Waals surface area contributed by atoms with Crippen LogP contribution in [-0.4, -0.2) is 60.2 Å². The Morgan fingerprint density at radius 2 is 1.40 bits per heavy atom. The molecule has 0 unspecified atom stereocenters. The van der Waals surface area contributed by atoms with Crippen LogP contribution in [0.2, 0.25) is 0 Å². The molecular weight excluding hydrogens is 821 g/mol. The Bertz CT molecular complexity index is 2810. The third-order valence-corrected chi connectivity index (χ3v) is 12.6. The fourth-order valence-corrected chi connectivity index (χ4v) is 9.85. The number of cyclic esters (lactones) is 1. The molecule has 2 saturated heterocycles. The molecule has 9 rings (SSSR count). The first-order valence-electron chi connectivity index (χ1n) is 21.4. The minimum Gasteiger partial charge on any atom is -0.497 e. The van der Waals surface area contributed by atoms with E-state index in [1.807, 2.05) is 115 Å². The van der Waals surface area contributed by atoms with Gasteiger partial charge in [0.05, 0.1) is 43.4 Å². The lowest BCUT2D eigenvalue weighted by molar-refractivity contribution is -0.178. The zero-order valence-electron chi connectivity index (χ0n) is 35.7. The molecule has 0 saturated carbocycles. The topological polar surface area (TPSA) is 161 Å². The van der Waals surface area contributed by atoms with Crippen molar-refractivity contribution in [2.75, 3.05) is 25.2 Å². The Balaban J connectivity index is 1.32. The number of aliphatic hydroxyl groups excluding tert-OH is 1. The van der Waals surface area contributed by atoms with Crippen LogP contribution in [0.3, 0.4) is 0 Å². The first-order valence-corrected chi connectivity index (χ1v) is 21.4. The number of benzene rings is 6. The highest BCUT2D eigenvalue weighted by Gasteiger charge is 2.75. The highest BCUT2D eigenvalue weighted by atomic mass is 16.6. The Hall–Kier alpha value is -7.72. The molecule has 6 aromatic carbocycles. The molecule has 0 bridgehead atoms. The van der Waals surface area contributed by atoms with Gasteiger partial charge in [-0.2, -0.15) is 0 Å². The molecule has 0 radical (unpaired) electrons. The number of primary amides is 1. The van der Waals surface area contributed by atoms with Gasteiger partial charge in [-0.05, 0) is 89.3 Å². The molecule has 2 fully saturated rings. The van der Waals surface area contributed by atoms with Crippen LogP contribution >= 0.6 is 0 Å². The van der Waals surface area contributed by atoms with Crippen molar-refractivity contribution in [3.63, 3.8) is 0 Å². The van der Waals surface area contributed by atoms with Crippen LogP contribution in [-0.2, 0) is 24.5 Å². The normalized spacial score (nSPS) is 22.5. The molecule has 0 aliphatic carbocycles. The van der Waals surface area contributed by atoms with E-state index in [1.54, 1.807) is 61.7 Å². The van der Waals surface area contributed by atoms with Crippen LogP contribution in [0.1, 0.15) is 70.1 Å². The number of rotatable bonds is 10. The van der Waals surface area contributed by atoms with Crippen LogP contribution in [0, 0.1) is 17.8 Å². The third-order valence-electron chi connectivity index (χ3n) is 12.6. The van der Waals surface area contributed by atoms with Gasteiger partial charge in [0.1, 0.15) is 35.7 Å². The number of aliphatic hydroxyl groups is 1. The average molecular weight is 867 g/mol. The summed E-state index contributed by atoms with van der Waals surface area (Å²) in [7, 11) is 1.58. The van der Waals surface area contributed by atoms with Crippen LogP contribution in [0.5, 0.6) is 11.5 Å². The number of nitrogens with two attached hydrogens (primary N) is 1. The number of morpholine rings is 1. The van der Waals surface area contributed by atoms with E-state index in [9.17, 15) is 14.7 Å². The molecule has 4 amide bonds. The van der Waals surface area contributed by atoms with Gasteiger partial charge in [-0.15, -0.1) is 0 Å². The lowest BCUT2D eigenvalue weighted by Crippen LogP contribution is -2.55. The second kappa shape index (κ2) is 17.8. The number of nitrogens with one attached hydrogen (secondary N) is 1. The number of urea groups is 1. The summed E-state index contributed by atoms with van der Waals surface area (Å²) < 4.78 is 17.7. The number of ether oxygens (including phenoxy) is 3. The molecule has 3 aliphatic rings. The first-order chi connectivity index (χ1) is 31.6. The van der Waals surface area contributed by atoms with E-state index in [1.165, 1.54) is 0 Å². The van der Waals surface area contributed by atoms with E-state index >= 15 is 9.59 Å². The van der Waals surface area contributed by atoms with Crippen molar-refractivity contribution in [3.05, 3.63) is 197 Å². The van der Waals surface area contributed by atoms with Gasteiger partial charge >= 0.3 is 12.0 Å². The van der Waals surface area contributed by atoms with Crippen LogP contribution in [0.15, 0.2) is 158 Å². The number of carbonyl (C=O) groups excluding carboxylic acids is 4. The molecule has 7 atom stereocenters. The van der Waals surface area contributed by atoms with Crippen LogP contribution < -0.4 is 25.4 Å². The number of nitrogens with zero attached hydrogens (tertiary/aromatic N) is 2. The van der Waals surface area contributed by atoms with Gasteiger partial charge in [0.15, 0.2) is 0 Å². The van der Waals surface area contributed by atoms with Crippen molar-refractivity contribution >= 4 is 29.5 Å². The Labute approximate surface area is 376 Å². The number of carbonyl (C=O) groups is 4.